The Morgan fingerprint density at radius 1 is 1.39 bits per heavy atom. The first-order valence-electron chi connectivity index (χ1n) is 6.11. The Bertz CT molecular complexity index is 546. The Labute approximate surface area is 107 Å². The van der Waals surface area contributed by atoms with Crippen LogP contribution >= 0.6 is 0 Å². The summed E-state index contributed by atoms with van der Waals surface area (Å²) in [5, 5.41) is 0. The molecule has 0 saturated carbocycles. The second-order valence-electron chi connectivity index (χ2n) is 4.27. The zero-order chi connectivity index (χ0) is 13.1. The lowest BCUT2D eigenvalue weighted by Crippen LogP contribution is -2.04. The van der Waals surface area contributed by atoms with E-state index >= 15 is 0 Å². The highest BCUT2D eigenvalue weighted by molar-refractivity contribution is 5.64. The van der Waals surface area contributed by atoms with Crippen LogP contribution in [0.4, 0.5) is 0 Å². The molecule has 18 heavy (non-hydrogen) atoms. The summed E-state index contributed by atoms with van der Waals surface area (Å²) in [5.74, 6) is 0.923. The molecule has 0 amide bonds. The van der Waals surface area contributed by atoms with Crippen molar-refractivity contribution in [1.82, 2.24) is 9.55 Å². The first kappa shape index (κ1) is 12.6. The molecule has 0 unspecified atom stereocenters. The molecule has 0 bridgehead atoms. The van der Waals surface area contributed by atoms with Crippen LogP contribution in [0.1, 0.15) is 18.2 Å². The molecule has 1 heterocycles. The van der Waals surface area contributed by atoms with Crippen LogP contribution in [0.3, 0.4) is 0 Å². The molecule has 0 radical (unpaired) electrons. The molecular formula is C14H19N3O. The quantitative estimate of drug-likeness (QED) is 0.898. The van der Waals surface area contributed by atoms with Gasteiger partial charge in [0.15, 0.2) is 0 Å². The van der Waals surface area contributed by atoms with E-state index in [9.17, 15) is 0 Å². The van der Waals surface area contributed by atoms with E-state index in [4.69, 9.17) is 10.5 Å². The number of aromatic nitrogens is 2. The lowest BCUT2D eigenvalue weighted by molar-refractivity contribution is 0.338. The fourth-order valence-corrected chi connectivity index (χ4v) is 2.05. The highest BCUT2D eigenvalue weighted by Gasteiger charge is 2.11. The number of ether oxygens (including phenoxy) is 1. The number of hydrogen-bond acceptors (Lipinski definition) is 3. The molecular weight excluding hydrogens is 226 g/mol. The molecule has 96 valence electrons. The van der Waals surface area contributed by atoms with E-state index in [1.165, 1.54) is 0 Å². The van der Waals surface area contributed by atoms with Gasteiger partial charge in [0.2, 0.25) is 0 Å². The third-order valence-electron chi connectivity index (χ3n) is 3.00. The van der Waals surface area contributed by atoms with Crippen LogP contribution < -0.4 is 10.5 Å². The van der Waals surface area contributed by atoms with Gasteiger partial charge in [0.05, 0.1) is 24.3 Å². The number of hydrogen-bond donors (Lipinski definition) is 1. The predicted molar refractivity (Wildman–Crippen MR) is 72.4 cm³/mol. The molecule has 0 saturated heterocycles. The van der Waals surface area contributed by atoms with Crippen molar-refractivity contribution in [3.8, 4) is 17.0 Å². The van der Waals surface area contributed by atoms with Crippen LogP contribution in [0, 0.1) is 6.92 Å². The lowest BCUT2D eigenvalue weighted by Gasteiger charge is -2.09. The Hall–Kier alpha value is -1.81. The minimum atomic E-state index is 0.484. The number of imidazole rings is 1. The van der Waals surface area contributed by atoms with E-state index < -0.39 is 0 Å². The number of benzene rings is 1. The summed E-state index contributed by atoms with van der Waals surface area (Å²) in [4.78, 5) is 4.42. The van der Waals surface area contributed by atoms with Gasteiger partial charge in [0.1, 0.15) is 5.75 Å². The maximum Gasteiger partial charge on any atom is 0.122 e. The standard InChI is InChI=1S/C14H19N3O/c1-4-18-13-6-5-11(7-10(13)2)14-12(8-15)17(3)9-16-14/h5-7,9H,4,8,15H2,1-3H3. The minimum Gasteiger partial charge on any atom is -0.494 e. The topological polar surface area (TPSA) is 53.1 Å². The SMILES string of the molecule is CCOc1ccc(-c2ncn(C)c2CN)cc1C. The van der Waals surface area contributed by atoms with E-state index in [0.717, 1.165) is 28.3 Å². The molecule has 0 fully saturated rings. The van der Waals surface area contributed by atoms with Gasteiger partial charge >= 0.3 is 0 Å². The van der Waals surface area contributed by atoms with Gasteiger partial charge in [-0.3, -0.25) is 0 Å². The summed E-state index contributed by atoms with van der Waals surface area (Å²) in [7, 11) is 1.96. The lowest BCUT2D eigenvalue weighted by atomic mass is 10.1. The summed E-state index contributed by atoms with van der Waals surface area (Å²) in [6, 6.07) is 6.11. The predicted octanol–water partition coefficient (Wildman–Crippen LogP) is 2.25. The molecule has 0 spiro atoms. The first-order chi connectivity index (χ1) is 8.67. The third kappa shape index (κ3) is 2.24. The van der Waals surface area contributed by atoms with Crippen LogP contribution in [0.5, 0.6) is 5.75 Å². The van der Waals surface area contributed by atoms with Gasteiger partial charge < -0.3 is 15.0 Å². The molecule has 1 aromatic heterocycles. The minimum absolute atomic E-state index is 0.484. The van der Waals surface area contributed by atoms with Crippen LogP contribution in [0.25, 0.3) is 11.3 Å². The Morgan fingerprint density at radius 3 is 2.78 bits per heavy atom. The molecule has 1 aromatic carbocycles. The molecule has 4 heteroatoms. The second kappa shape index (κ2) is 5.23. The fraction of sp³-hybridized carbons (Fsp3) is 0.357. The summed E-state index contributed by atoms with van der Waals surface area (Å²) in [6.45, 7) is 5.19. The zero-order valence-corrected chi connectivity index (χ0v) is 11.1. The van der Waals surface area contributed by atoms with Crippen molar-refractivity contribution in [2.75, 3.05) is 6.61 Å². The van der Waals surface area contributed by atoms with Crippen molar-refractivity contribution in [1.29, 1.82) is 0 Å². The van der Waals surface area contributed by atoms with E-state index in [1.807, 2.05) is 37.6 Å². The molecule has 2 aromatic rings. The molecule has 0 aliphatic rings. The van der Waals surface area contributed by atoms with Gasteiger partial charge in [0, 0.05) is 19.2 Å². The van der Waals surface area contributed by atoms with E-state index in [2.05, 4.69) is 11.1 Å². The van der Waals surface area contributed by atoms with Gasteiger partial charge in [0.25, 0.3) is 0 Å². The Balaban J connectivity index is 2.42. The van der Waals surface area contributed by atoms with Gasteiger partial charge in [-0.2, -0.15) is 0 Å². The molecule has 2 rings (SSSR count). The highest BCUT2D eigenvalue weighted by Crippen LogP contribution is 2.27. The summed E-state index contributed by atoms with van der Waals surface area (Å²) in [5.41, 5.74) is 9.95. The smallest absolute Gasteiger partial charge is 0.122 e. The molecule has 0 atom stereocenters. The van der Waals surface area contributed by atoms with E-state index in [1.54, 1.807) is 6.33 Å². The van der Waals surface area contributed by atoms with Gasteiger partial charge in [-0.25, -0.2) is 4.98 Å². The molecule has 2 N–H and O–H groups in total. The maximum atomic E-state index is 5.76. The largest absolute Gasteiger partial charge is 0.494 e. The third-order valence-corrected chi connectivity index (χ3v) is 3.00. The van der Waals surface area contributed by atoms with Crippen LogP contribution in [0.2, 0.25) is 0 Å². The first-order valence-corrected chi connectivity index (χ1v) is 6.11. The second-order valence-corrected chi connectivity index (χ2v) is 4.27. The summed E-state index contributed by atoms with van der Waals surface area (Å²) in [6.07, 6.45) is 1.79. The van der Waals surface area contributed by atoms with E-state index in [-0.39, 0.29) is 0 Å². The number of nitrogens with zero attached hydrogens (tertiary/aromatic N) is 2. The number of aryl methyl sites for hydroxylation is 2. The van der Waals surface area contributed by atoms with Crippen molar-refractivity contribution >= 4 is 0 Å². The fourth-order valence-electron chi connectivity index (χ4n) is 2.05. The normalized spacial score (nSPS) is 10.7. The molecule has 4 nitrogen and oxygen atoms in total. The average Bonchev–Trinajstić information content (AvgIpc) is 2.73. The Kier molecular flexibility index (Phi) is 3.67. The number of rotatable bonds is 4. The Morgan fingerprint density at radius 2 is 2.17 bits per heavy atom. The van der Waals surface area contributed by atoms with Crippen molar-refractivity contribution < 1.29 is 4.74 Å². The van der Waals surface area contributed by atoms with Crippen molar-refractivity contribution in [3.05, 3.63) is 35.8 Å². The van der Waals surface area contributed by atoms with E-state index in [0.29, 0.717) is 13.2 Å². The van der Waals surface area contributed by atoms with Gasteiger partial charge in [-0.1, -0.05) is 0 Å². The van der Waals surface area contributed by atoms with Crippen LogP contribution in [0.15, 0.2) is 24.5 Å². The summed E-state index contributed by atoms with van der Waals surface area (Å²) >= 11 is 0. The molecule has 0 aliphatic heterocycles. The summed E-state index contributed by atoms with van der Waals surface area (Å²) < 4.78 is 7.50. The highest BCUT2D eigenvalue weighted by atomic mass is 16.5. The number of nitrogens with two attached hydrogens (primary N) is 1. The monoisotopic (exact) mass is 245 g/mol. The van der Waals surface area contributed by atoms with Crippen molar-refractivity contribution in [2.45, 2.75) is 20.4 Å². The van der Waals surface area contributed by atoms with Gasteiger partial charge in [-0.05, 0) is 37.6 Å². The van der Waals surface area contributed by atoms with Gasteiger partial charge in [-0.15, -0.1) is 0 Å². The molecule has 0 aliphatic carbocycles. The van der Waals surface area contributed by atoms with Crippen molar-refractivity contribution in [2.24, 2.45) is 12.8 Å². The maximum absolute atomic E-state index is 5.76. The van der Waals surface area contributed by atoms with Crippen LogP contribution in [-0.2, 0) is 13.6 Å². The van der Waals surface area contributed by atoms with Crippen LogP contribution in [-0.4, -0.2) is 16.2 Å². The zero-order valence-electron chi connectivity index (χ0n) is 11.1. The van der Waals surface area contributed by atoms with Crippen molar-refractivity contribution in [3.63, 3.8) is 0 Å². The average molecular weight is 245 g/mol.